The SMILES string of the molecule is Cc1cc(-c2nc(-c3ccc(C4OC=CO4)cc3Cl)no2)ccc1OC(C)C. The van der Waals surface area contributed by atoms with Crippen molar-refractivity contribution in [2.45, 2.75) is 33.2 Å². The Morgan fingerprint density at radius 2 is 1.86 bits per heavy atom. The van der Waals surface area contributed by atoms with Crippen LogP contribution in [0, 0.1) is 6.92 Å². The molecule has 0 bridgehead atoms. The van der Waals surface area contributed by atoms with E-state index >= 15 is 0 Å². The molecule has 6 nitrogen and oxygen atoms in total. The first-order valence-corrected chi connectivity index (χ1v) is 9.26. The standard InChI is InChI=1S/C21H19ClN2O4/c1-12(2)27-18-7-5-14(10-13(18)3)20-23-19(24-28-20)16-6-4-15(11-17(16)22)21-25-8-9-26-21/h4-12,21H,1-3H3. The third-order valence-electron chi connectivity index (χ3n) is 4.18. The molecule has 0 fully saturated rings. The van der Waals surface area contributed by atoms with Crippen molar-refractivity contribution in [3.05, 3.63) is 65.1 Å². The fourth-order valence-corrected chi connectivity index (χ4v) is 3.15. The second kappa shape index (κ2) is 7.56. The number of hydrogen-bond donors (Lipinski definition) is 0. The summed E-state index contributed by atoms with van der Waals surface area (Å²) in [5, 5.41) is 4.56. The number of benzene rings is 2. The van der Waals surface area contributed by atoms with Gasteiger partial charge < -0.3 is 18.7 Å². The normalized spacial score (nSPS) is 13.6. The zero-order valence-electron chi connectivity index (χ0n) is 15.7. The Morgan fingerprint density at radius 3 is 2.54 bits per heavy atom. The van der Waals surface area contributed by atoms with Crippen molar-refractivity contribution < 1.29 is 18.7 Å². The molecule has 1 aliphatic heterocycles. The molecule has 0 unspecified atom stereocenters. The number of nitrogens with zero attached hydrogens (tertiary/aromatic N) is 2. The van der Waals surface area contributed by atoms with E-state index in [9.17, 15) is 0 Å². The molecule has 1 aromatic heterocycles. The van der Waals surface area contributed by atoms with Crippen molar-refractivity contribution in [1.82, 2.24) is 10.1 Å². The summed E-state index contributed by atoms with van der Waals surface area (Å²) < 4.78 is 21.9. The third-order valence-corrected chi connectivity index (χ3v) is 4.49. The smallest absolute Gasteiger partial charge is 0.266 e. The molecule has 0 amide bonds. The fourth-order valence-electron chi connectivity index (χ4n) is 2.87. The predicted molar refractivity (Wildman–Crippen MR) is 105 cm³/mol. The Bertz CT molecular complexity index is 1020. The summed E-state index contributed by atoms with van der Waals surface area (Å²) in [6.07, 6.45) is 2.62. The van der Waals surface area contributed by atoms with Crippen LogP contribution in [0.2, 0.25) is 5.02 Å². The van der Waals surface area contributed by atoms with Gasteiger partial charge in [-0.2, -0.15) is 4.98 Å². The number of aryl methyl sites for hydroxylation is 1. The molecule has 0 aliphatic carbocycles. The Hall–Kier alpha value is -2.99. The first-order chi connectivity index (χ1) is 13.5. The number of rotatable bonds is 5. The Morgan fingerprint density at radius 1 is 1.07 bits per heavy atom. The number of hydrogen-bond acceptors (Lipinski definition) is 6. The topological polar surface area (TPSA) is 66.6 Å². The molecule has 0 spiro atoms. The van der Waals surface area contributed by atoms with Crippen LogP contribution in [0.25, 0.3) is 22.8 Å². The molecule has 2 aromatic carbocycles. The maximum absolute atomic E-state index is 6.42. The van der Waals surface area contributed by atoms with Gasteiger partial charge in [0.1, 0.15) is 18.3 Å². The minimum atomic E-state index is -0.484. The molecular weight excluding hydrogens is 380 g/mol. The fraction of sp³-hybridized carbons (Fsp3) is 0.238. The summed E-state index contributed by atoms with van der Waals surface area (Å²) in [5.74, 6) is 1.67. The lowest BCUT2D eigenvalue weighted by Gasteiger charge is -2.12. The van der Waals surface area contributed by atoms with Crippen LogP contribution >= 0.6 is 11.6 Å². The summed E-state index contributed by atoms with van der Waals surface area (Å²) >= 11 is 6.42. The van der Waals surface area contributed by atoms with Gasteiger partial charge in [0.05, 0.1) is 11.1 Å². The highest BCUT2D eigenvalue weighted by Crippen LogP contribution is 2.33. The van der Waals surface area contributed by atoms with Gasteiger partial charge in [0, 0.05) is 16.7 Å². The first kappa shape index (κ1) is 18.4. The average molecular weight is 399 g/mol. The highest BCUT2D eigenvalue weighted by molar-refractivity contribution is 6.33. The molecule has 28 heavy (non-hydrogen) atoms. The maximum Gasteiger partial charge on any atom is 0.266 e. The molecule has 0 saturated heterocycles. The first-order valence-electron chi connectivity index (χ1n) is 8.88. The van der Waals surface area contributed by atoms with E-state index < -0.39 is 6.29 Å². The van der Waals surface area contributed by atoms with Gasteiger partial charge in [-0.25, -0.2) is 0 Å². The van der Waals surface area contributed by atoms with E-state index in [2.05, 4.69) is 10.1 Å². The van der Waals surface area contributed by atoms with Crippen molar-refractivity contribution in [3.63, 3.8) is 0 Å². The van der Waals surface area contributed by atoms with Crippen molar-refractivity contribution in [1.29, 1.82) is 0 Å². The molecule has 0 atom stereocenters. The van der Waals surface area contributed by atoms with Crippen LogP contribution in [0.1, 0.15) is 31.3 Å². The van der Waals surface area contributed by atoms with E-state index in [1.807, 2.05) is 51.1 Å². The van der Waals surface area contributed by atoms with Crippen molar-refractivity contribution >= 4 is 11.6 Å². The largest absolute Gasteiger partial charge is 0.491 e. The molecule has 3 aromatic rings. The third kappa shape index (κ3) is 3.68. The van der Waals surface area contributed by atoms with Gasteiger partial charge >= 0.3 is 0 Å². The van der Waals surface area contributed by atoms with Crippen LogP contribution in [0.3, 0.4) is 0 Å². The maximum atomic E-state index is 6.42. The van der Waals surface area contributed by atoms with Crippen LogP contribution in [0.15, 0.2) is 53.4 Å². The van der Waals surface area contributed by atoms with E-state index in [0.717, 1.165) is 22.4 Å². The molecule has 0 N–H and O–H groups in total. The summed E-state index contributed by atoms with van der Waals surface area (Å²) in [6, 6.07) is 11.2. The minimum absolute atomic E-state index is 0.112. The zero-order chi connectivity index (χ0) is 19.7. The van der Waals surface area contributed by atoms with Crippen LogP contribution in [-0.2, 0) is 9.47 Å². The van der Waals surface area contributed by atoms with Crippen LogP contribution in [0.4, 0.5) is 0 Å². The molecule has 4 rings (SSSR count). The second-order valence-electron chi connectivity index (χ2n) is 6.69. The van der Waals surface area contributed by atoms with E-state index in [1.54, 1.807) is 6.07 Å². The van der Waals surface area contributed by atoms with E-state index in [-0.39, 0.29) is 6.10 Å². The van der Waals surface area contributed by atoms with E-state index in [4.69, 9.17) is 30.3 Å². The summed E-state index contributed by atoms with van der Waals surface area (Å²) in [5.41, 5.74) is 3.29. The number of halogens is 1. The molecule has 1 aliphatic rings. The number of aromatic nitrogens is 2. The highest BCUT2D eigenvalue weighted by Gasteiger charge is 2.19. The van der Waals surface area contributed by atoms with Crippen LogP contribution in [0.5, 0.6) is 5.75 Å². The van der Waals surface area contributed by atoms with E-state index in [0.29, 0.717) is 22.3 Å². The minimum Gasteiger partial charge on any atom is -0.491 e. The average Bonchev–Trinajstić information content (AvgIpc) is 3.35. The second-order valence-corrected chi connectivity index (χ2v) is 7.09. The Balaban J connectivity index is 1.58. The van der Waals surface area contributed by atoms with Gasteiger partial charge in [0.2, 0.25) is 5.82 Å². The molecule has 144 valence electrons. The Labute approximate surface area is 167 Å². The monoisotopic (exact) mass is 398 g/mol. The Kier molecular flexibility index (Phi) is 4.96. The zero-order valence-corrected chi connectivity index (χ0v) is 16.4. The van der Waals surface area contributed by atoms with Crippen molar-refractivity contribution in [2.24, 2.45) is 0 Å². The van der Waals surface area contributed by atoms with E-state index in [1.165, 1.54) is 12.5 Å². The van der Waals surface area contributed by atoms with Crippen molar-refractivity contribution in [3.8, 4) is 28.6 Å². The lowest BCUT2D eigenvalue weighted by molar-refractivity contribution is -0.0245. The molecule has 0 radical (unpaired) electrons. The van der Waals surface area contributed by atoms with Crippen LogP contribution < -0.4 is 4.74 Å². The predicted octanol–water partition coefficient (Wildman–Crippen LogP) is 5.67. The summed E-state index contributed by atoms with van der Waals surface area (Å²) in [6.45, 7) is 5.97. The molecule has 7 heteroatoms. The van der Waals surface area contributed by atoms with Crippen molar-refractivity contribution in [2.75, 3.05) is 0 Å². The highest BCUT2D eigenvalue weighted by atomic mass is 35.5. The molecule has 0 saturated carbocycles. The summed E-state index contributed by atoms with van der Waals surface area (Å²) in [7, 11) is 0. The van der Waals surface area contributed by atoms with Gasteiger partial charge in [-0.15, -0.1) is 0 Å². The number of ether oxygens (including phenoxy) is 3. The molecular formula is C21H19ClN2O4. The lowest BCUT2D eigenvalue weighted by atomic mass is 10.1. The van der Waals surface area contributed by atoms with Gasteiger partial charge in [0.15, 0.2) is 0 Å². The molecule has 2 heterocycles. The van der Waals surface area contributed by atoms with Gasteiger partial charge in [-0.1, -0.05) is 22.8 Å². The quantitative estimate of drug-likeness (QED) is 0.551. The van der Waals surface area contributed by atoms with Gasteiger partial charge in [0.25, 0.3) is 12.2 Å². The van der Waals surface area contributed by atoms with Gasteiger partial charge in [-0.3, -0.25) is 0 Å². The lowest BCUT2D eigenvalue weighted by Crippen LogP contribution is -2.06. The van der Waals surface area contributed by atoms with Crippen LogP contribution in [-0.4, -0.2) is 16.2 Å². The van der Waals surface area contributed by atoms with Gasteiger partial charge in [-0.05, 0) is 56.7 Å². The summed E-state index contributed by atoms with van der Waals surface area (Å²) in [4.78, 5) is 4.49.